The number of halogens is 1. The third-order valence-corrected chi connectivity index (χ3v) is 3.49. The lowest BCUT2D eigenvalue weighted by molar-refractivity contribution is -0.136. The number of phenols is 1. The molecule has 0 saturated heterocycles. The van der Waals surface area contributed by atoms with Crippen LogP contribution in [0.2, 0.25) is 5.02 Å². The van der Waals surface area contributed by atoms with Crippen molar-refractivity contribution in [2.75, 3.05) is 0 Å². The number of ketones is 1. The van der Waals surface area contributed by atoms with Crippen molar-refractivity contribution in [1.29, 1.82) is 5.26 Å². The van der Waals surface area contributed by atoms with Gasteiger partial charge in [0.25, 0.3) is 0 Å². The standard InChI is InChI=1S/C17H12ClNO4/c18-13-3-1-2-10(7-13)11-6-12(9-19)17(23)14(8-11)15(20)4-5-16(21)22/h1-3,6-8,23H,4-5H2,(H,21,22). The number of carboxylic acid groups (broad SMARTS) is 1. The predicted octanol–water partition coefficient (Wildman–Crippen LogP) is 3.63. The Hall–Kier alpha value is -2.84. The average Bonchev–Trinajstić information content (AvgIpc) is 2.52. The van der Waals surface area contributed by atoms with Gasteiger partial charge in [-0.3, -0.25) is 9.59 Å². The highest BCUT2D eigenvalue weighted by molar-refractivity contribution is 6.30. The van der Waals surface area contributed by atoms with E-state index in [-0.39, 0.29) is 24.0 Å². The highest BCUT2D eigenvalue weighted by atomic mass is 35.5. The molecule has 23 heavy (non-hydrogen) atoms. The molecule has 0 amide bonds. The van der Waals surface area contributed by atoms with E-state index in [1.807, 2.05) is 6.07 Å². The fourth-order valence-electron chi connectivity index (χ4n) is 2.12. The van der Waals surface area contributed by atoms with Gasteiger partial charge in [0.05, 0.1) is 17.5 Å². The number of aromatic hydroxyl groups is 1. The second kappa shape index (κ2) is 6.95. The molecule has 5 nitrogen and oxygen atoms in total. The van der Waals surface area contributed by atoms with Crippen LogP contribution in [0.4, 0.5) is 0 Å². The van der Waals surface area contributed by atoms with Crippen molar-refractivity contribution in [2.45, 2.75) is 12.8 Å². The van der Waals surface area contributed by atoms with Gasteiger partial charge < -0.3 is 10.2 Å². The third kappa shape index (κ3) is 3.87. The predicted molar refractivity (Wildman–Crippen MR) is 84.5 cm³/mol. The molecule has 0 aliphatic carbocycles. The van der Waals surface area contributed by atoms with E-state index in [1.54, 1.807) is 24.3 Å². The lowest BCUT2D eigenvalue weighted by atomic mass is 9.95. The molecule has 0 bridgehead atoms. The number of carbonyl (C=O) groups is 2. The monoisotopic (exact) mass is 329 g/mol. The van der Waals surface area contributed by atoms with Crippen LogP contribution in [0, 0.1) is 11.3 Å². The van der Waals surface area contributed by atoms with E-state index < -0.39 is 17.5 Å². The van der Waals surface area contributed by atoms with E-state index in [9.17, 15) is 14.7 Å². The summed E-state index contributed by atoms with van der Waals surface area (Å²) in [5.41, 5.74) is 1.10. The van der Waals surface area contributed by atoms with Crippen molar-refractivity contribution in [2.24, 2.45) is 0 Å². The maximum absolute atomic E-state index is 12.1. The molecule has 2 N–H and O–H groups in total. The fraction of sp³-hybridized carbons (Fsp3) is 0.118. The summed E-state index contributed by atoms with van der Waals surface area (Å²) in [6, 6.07) is 11.6. The number of nitriles is 1. The van der Waals surface area contributed by atoms with Crippen LogP contribution in [-0.4, -0.2) is 22.0 Å². The van der Waals surface area contributed by atoms with Crippen LogP contribution in [-0.2, 0) is 4.79 Å². The van der Waals surface area contributed by atoms with E-state index in [0.29, 0.717) is 16.1 Å². The number of nitrogens with zero attached hydrogens (tertiary/aromatic N) is 1. The number of aliphatic carboxylic acids is 1. The molecule has 0 fully saturated rings. The van der Waals surface area contributed by atoms with Crippen molar-refractivity contribution in [1.82, 2.24) is 0 Å². The number of hydrogen-bond donors (Lipinski definition) is 2. The number of benzene rings is 2. The minimum Gasteiger partial charge on any atom is -0.506 e. The van der Waals surface area contributed by atoms with Gasteiger partial charge in [-0.2, -0.15) is 5.26 Å². The Morgan fingerprint density at radius 3 is 2.48 bits per heavy atom. The molecule has 0 spiro atoms. The smallest absolute Gasteiger partial charge is 0.303 e. The molecular formula is C17H12ClNO4. The average molecular weight is 330 g/mol. The van der Waals surface area contributed by atoms with Gasteiger partial charge in [-0.1, -0.05) is 23.7 Å². The molecular weight excluding hydrogens is 318 g/mol. The third-order valence-electron chi connectivity index (χ3n) is 3.25. The molecule has 2 rings (SSSR count). The highest BCUT2D eigenvalue weighted by Crippen LogP contribution is 2.31. The normalized spacial score (nSPS) is 10.1. The first kappa shape index (κ1) is 16.5. The van der Waals surface area contributed by atoms with Crippen molar-refractivity contribution >= 4 is 23.4 Å². The summed E-state index contributed by atoms with van der Waals surface area (Å²) >= 11 is 5.94. The fourth-order valence-corrected chi connectivity index (χ4v) is 2.31. The molecule has 0 aromatic heterocycles. The Balaban J connectivity index is 2.50. The van der Waals surface area contributed by atoms with Crippen LogP contribution >= 0.6 is 11.6 Å². The minimum absolute atomic E-state index is 0.0545. The van der Waals surface area contributed by atoms with Gasteiger partial charge in [0.15, 0.2) is 5.78 Å². The summed E-state index contributed by atoms with van der Waals surface area (Å²) in [4.78, 5) is 22.7. The van der Waals surface area contributed by atoms with Gasteiger partial charge in [-0.15, -0.1) is 0 Å². The number of carboxylic acids is 1. The molecule has 0 heterocycles. The van der Waals surface area contributed by atoms with Gasteiger partial charge in [0.2, 0.25) is 0 Å². The molecule has 0 aliphatic rings. The van der Waals surface area contributed by atoms with Crippen LogP contribution in [0.5, 0.6) is 5.75 Å². The SMILES string of the molecule is N#Cc1cc(-c2cccc(Cl)c2)cc(C(=O)CCC(=O)O)c1O. The van der Waals surface area contributed by atoms with Crippen LogP contribution in [0.1, 0.15) is 28.8 Å². The second-order valence-electron chi connectivity index (χ2n) is 4.86. The number of phenolic OH excluding ortho intramolecular Hbond substituents is 1. The second-order valence-corrected chi connectivity index (χ2v) is 5.30. The number of carbonyl (C=O) groups excluding carboxylic acids is 1. The van der Waals surface area contributed by atoms with E-state index in [0.717, 1.165) is 0 Å². The van der Waals surface area contributed by atoms with Gasteiger partial charge in [-0.25, -0.2) is 0 Å². The molecule has 0 radical (unpaired) electrons. The molecule has 0 atom stereocenters. The first-order valence-electron chi connectivity index (χ1n) is 6.70. The first-order valence-corrected chi connectivity index (χ1v) is 7.08. The van der Waals surface area contributed by atoms with Crippen LogP contribution < -0.4 is 0 Å². The van der Waals surface area contributed by atoms with Crippen LogP contribution in [0.25, 0.3) is 11.1 Å². The molecule has 2 aromatic carbocycles. The topological polar surface area (TPSA) is 98.4 Å². The summed E-state index contributed by atoms with van der Waals surface area (Å²) in [5.74, 6) is -2.08. The Morgan fingerprint density at radius 2 is 1.87 bits per heavy atom. The van der Waals surface area contributed by atoms with Gasteiger partial charge in [-0.05, 0) is 35.4 Å². The summed E-state index contributed by atoms with van der Waals surface area (Å²) in [7, 11) is 0. The number of Topliss-reactive ketones (excluding diaryl/α,β-unsaturated/α-hetero) is 1. The van der Waals surface area contributed by atoms with Gasteiger partial charge in [0.1, 0.15) is 11.8 Å². The van der Waals surface area contributed by atoms with Crippen molar-refractivity contribution < 1.29 is 19.8 Å². The zero-order chi connectivity index (χ0) is 17.0. The van der Waals surface area contributed by atoms with Crippen LogP contribution in [0.3, 0.4) is 0 Å². The lowest BCUT2D eigenvalue weighted by Crippen LogP contribution is -2.05. The van der Waals surface area contributed by atoms with Gasteiger partial charge in [0, 0.05) is 11.4 Å². The molecule has 116 valence electrons. The van der Waals surface area contributed by atoms with Crippen LogP contribution in [0.15, 0.2) is 36.4 Å². The van der Waals surface area contributed by atoms with Gasteiger partial charge >= 0.3 is 5.97 Å². The summed E-state index contributed by atoms with van der Waals surface area (Å²) < 4.78 is 0. The summed E-state index contributed by atoms with van der Waals surface area (Å²) in [6.07, 6.45) is -0.603. The maximum atomic E-state index is 12.1. The maximum Gasteiger partial charge on any atom is 0.303 e. The van der Waals surface area contributed by atoms with E-state index in [1.165, 1.54) is 12.1 Å². The van der Waals surface area contributed by atoms with E-state index in [4.69, 9.17) is 22.0 Å². The zero-order valence-corrected chi connectivity index (χ0v) is 12.7. The molecule has 0 saturated carbocycles. The molecule has 0 unspecified atom stereocenters. The summed E-state index contributed by atoms with van der Waals surface area (Å²) in [5, 5.41) is 28.3. The highest BCUT2D eigenvalue weighted by Gasteiger charge is 2.18. The Bertz CT molecular complexity index is 824. The van der Waals surface area contributed by atoms with Crippen molar-refractivity contribution in [3.63, 3.8) is 0 Å². The van der Waals surface area contributed by atoms with E-state index in [2.05, 4.69) is 0 Å². The summed E-state index contributed by atoms with van der Waals surface area (Å²) in [6.45, 7) is 0. The Labute approximate surface area is 137 Å². The van der Waals surface area contributed by atoms with Crippen molar-refractivity contribution in [3.05, 3.63) is 52.5 Å². The Morgan fingerprint density at radius 1 is 1.13 bits per heavy atom. The van der Waals surface area contributed by atoms with Crippen molar-refractivity contribution in [3.8, 4) is 22.9 Å². The largest absolute Gasteiger partial charge is 0.506 e. The van der Waals surface area contributed by atoms with E-state index >= 15 is 0 Å². The number of hydrogen-bond acceptors (Lipinski definition) is 4. The molecule has 2 aromatic rings. The zero-order valence-electron chi connectivity index (χ0n) is 11.9. The lowest BCUT2D eigenvalue weighted by Gasteiger charge is -2.09. The first-order chi connectivity index (χ1) is 10.9. The number of rotatable bonds is 5. The Kier molecular flexibility index (Phi) is 4.99. The quantitative estimate of drug-likeness (QED) is 0.816. The molecule has 6 heteroatoms. The molecule has 0 aliphatic heterocycles. The minimum atomic E-state index is -1.11.